The van der Waals surface area contributed by atoms with E-state index in [-0.39, 0.29) is 24.0 Å². The lowest BCUT2D eigenvalue weighted by Crippen LogP contribution is -2.32. The molecule has 122 valence electrons. The highest BCUT2D eigenvalue weighted by molar-refractivity contribution is 6.03. The number of non-ortho nitro benzene ring substituents is 1. The molecule has 1 aliphatic heterocycles. The first-order valence-corrected chi connectivity index (χ1v) is 6.05. The van der Waals surface area contributed by atoms with Crippen molar-refractivity contribution in [3.8, 4) is 0 Å². The van der Waals surface area contributed by atoms with Gasteiger partial charge >= 0.3 is 12.1 Å². The summed E-state index contributed by atoms with van der Waals surface area (Å²) in [6.07, 6.45) is -5.52. The second-order valence-corrected chi connectivity index (χ2v) is 4.45. The lowest BCUT2D eigenvalue weighted by molar-refractivity contribution is -0.385. The van der Waals surface area contributed by atoms with Crippen molar-refractivity contribution < 1.29 is 37.3 Å². The fraction of sp³-hybridized carbons (Fsp3) is 0.250. The van der Waals surface area contributed by atoms with Gasteiger partial charge in [-0.3, -0.25) is 19.7 Å². The SMILES string of the molecule is O=C(ON1C(=O)CCC1=O)c1ccc([N+](=O)[O-])cc1C(F)(F)F. The summed E-state index contributed by atoms with van der Waals surface area (Å²) in [5, 5.41) is 10.6. The van der Waals surface area contributed by atoms with Crippen LogP contribution in [0.3, 0.4) is 0 Å². The molecule has 0 bridgehead atoms. The van der Waals surface area contributed by atoms with Crippen LogP contribution in [0.15, 0.2) is 18.2 Å². The average Bonchev–Trinajstić information content (AvgIpc) is 2.77. The molecule has 0 atom stereocenters. The van der Waals surface area contributed by atoms with Gasteiger partial charge in [0.25, 0.3) is 17.5 Å². The van der Waals surface area contributed by atoms with Crippen molar-refractivity contribution in [1.82, 2.24) is 5.06 Å². The maximum Gasteiger partial charge on any atom is 0.417 e. The summed E-state index contributed by atoms with van der Waals surface area (Å²) in [4.78, 5) is 48.3. The minimum Gasteiger partial charge on any atom is -0.325 e. The van der Waals surface area contributed by atoms with Crippen LogP contribution in [0.4, 0.5) is 18.9 Å². The van der Waals surface area contributed by atoms with Crippen LogP contribution in [-0.4, -0.2) is 27.8 Å². The van der Waals surface area contributed by atoms with Gasteiger partial charge in [0, 0.05) is 25.0 Å². The van der Waals surface area contributed by atoms with E-state index in [1.807, 2.05) is 0 Å². The van der Waals surface area contributed by atoms with Gasteiger partial charge < -0.3 is 4.84 Å². The van der Waals surface area contributed by atoms with E-state index in [0.29, 0.717) is 12.1 Å². The lowest BCUT2D eigenvalue weighted by Gasteiger charge is -2.15. The summed E-state index contributed by atoms with van der Waals surface area (Å²) in [5.41, 5.74) is -3.52. The third kappa shape index (κ3) is 3.27. The molecule has 0 aromatic heterocycles. The highest BCUT2D eigenvalue weighted by Gasteiger charge is 2.39. The predicted molar refractivity (Wildman–Crippen MR) is 64.6 cm³/mol. The molecule has 23 heavy (non-hydrogen) atoms. The van der Waals surface area contributed by atoms with Crippen LogP contribution in [0.25, 0.3) is 0 Å². The number of hydrogen-bond acceptors (Lipinski definition) is 6. The van der Waals surface area contributed by atoms with Crippen molar-refractivity contribution in [3.05, 3.63) is 39.4 Å². The van der Waals surface area contributed by atoms with E-state index in [4.69, 9.17) is 0 Å². The summed E-state index contributed by atoms with van der Waals surface area (Å²) in [6, 6.07) is 1.40. The number of hydroxylamine groups is 2. The van der Waals surface area contributed by atoms with Gasteiger partial charge in [0.2, 0.25) is 0 Å². The largest absolute Gasteiger partial charge is 0.417 e. The Morgan fingerprint density at radius 3 is 2.26 bits per heavy atom. The number of nitro groups is 1. The molecular weight excluding hydrogens is 325 g/mol. The average molecular weight is 332 g/mol. The molecule has 0 N–H and O–H groups in total. The number of imide groups is 1. The van der Waals surface area contributed by atoms with E-state index >= 15 is 0 Å². The standard InChI is InChI=1S/C12H7F3N2O6/c13-12(14,15)8-5-6(17(21)22)1-2-7(8)11(20)23-16-9(18)3-4-10(16)19/h1-2,5H,3-4H2. The molecule has 11 heteroatoms. The molecule has 0 saturated carbocycles. The van der Waals surface area contributed by atoms with Gasteiger partial charge in [-0.05, 0) is 6.07 Å². The number of benzene rings is 1. The Kier molecular flexibility index (Phi) is 4.04. The number of carbonyl (C=O) groups is 3. The van der Waals surface area contributed by atoms with Crippen LogP contribution in [0.2, 0.25) is 0 Å². The molecule has 1 aliphatic rings. The molecule has 1 aromatic carbocycles. The van der Waals surface area contributed by atoms with Gasteiger partial charge in [-0.2, -0.15) is 13.2 Å². The molecule has 1 aromatic rings. The molecule has 0 unspecified atom stereocenters. The van der Waals surface area contributed by atoms with E-state index in [0.717, 1.165) is 0 Å². The molecule has 1 fully saturated rings. The molecule has 0 spiro atoms. The molecule has 1 saturated heterocycles. The number of amides is 2. The van der Waals surface area contributed by atoms with Crippen molar-refractivity contribution in [1.29, 1.82) is 0 Å². The highest BCUT2D eigenvalue weighted by Crippen LogP contribution is 2.35. The van der Waals surface area contributed by atoms with E-state index in [1.165, 1.54) is 0 Å². The number of halogens is 3. The summed E-state index contributed by atoms with van der Waals surface area (Å²) < 4.78 is 38.8. The fourth-order valence-corrected chi connectivity index (χ4v) is 1.85. The first kappa shape index (κ1) is 16.4. The molecule has 0 radical (unpaired) electrons. The van der Waals surface area contributed by atoms with Gasteiger partial charge in [-0.25, -0.2) is 4.79 Å². The van der Waals surface area contributed by atoms with Crippen LogP contribution in [0.5, 0.6) is 0 Å². The van der Waals surface area contributed by atoms with Crippen molar-refractivity contribution in [2.75, 3.05) is 0 Å². The highest BCUT2D eigenvalue weighted by atomic mass is 19.4. The van der Waals surface area contributed by atoms with E-state index in [9.17, 15) is 37.7 Å². The Morgan fingerprint density at radius 1 is 1.22 bits per heavy atom. The Morgan fingerprint density at radius 2 is 1.78 bits per heavy atom. The van der Waals surface area contributed by atoms with E-state index in [1.54, 1.807) is 0 Å². The van der Waals surface area contributed by atoms with Crippen molar-refractivity contribution in [2.24, 2.45) is 0 Å². The molecule has 2 amide bonds. The Hall–Kier alpha value is -2.98. The zero-order chi connectivity index (χ0) is 17.4. The molecule has 2 rings (SSSR count). The van der Waals surface area contributed by atoms with Crippen LogP contribution < -0.4 is 0 Å². The molecular formula is C12H7F3N2O6. The monoisotopic (exact) mass is 332 g/mol. The minimum absolute atomic E-state index is 0.0872. The second-order valence-electron chi connectivity index (χ2n) is 4.45. The Balaban J connectivity index is 2.38. The van der Waals surface area contributed by atoms with Crippen LogP contribution >= 0.6 is 0 Å². The number of carbonyl (C=O) groups excluding carboxylic acids is 3. The van der Waals surface area contributed by atoms with Crippen molar-refractivity contribution in [2.45, 2.75) is 19.0 Å². The number of alkyl halides is 3. The Bertz CT molecular complexity index is 699. The fourth-order valence-electron chi connectivity index (χ4n) is 1.85. The normalized spacial score (nSPS) is 15.0. The van der Waals surface area contributed by atoms with Gasteiger partial charge in [0.1, 0.15) is 0 Å². The first-order chi connectivity index (χ1) is 10.6. The van der Waals surface area contributed by atoms with E-state index in [2.05, 4.69) is 4.84 Å². The number of nitro benzene ring substituents is 1. The van der Waals surface area contributed by atoms with Crippen LogP contribution in [0, 0.1) is 10.1 Å². The maximum absolute atomic E-state index is 12.9. The van der Waals surface area contributed by atoms with Gasteiger partial charge in [-0.1, -0.05) is 0 Å². The van der Waals surface area contributed by atoms with Crippen LogP contribution in [0.1, 0.15) is 28.8 Å². The zero-order valence-electron chi connectivity index (χ0n) is 11.1. The number of rotatable bonds is 3. The number of hydrogen-bond donors (Lipinski definition) is 0. The first-order valence-electron chi connectivity index (χ1n) is 6.05. The summed E-state index contributed by atoms with van der Waals surface area (Å²) in [6.45, 7) is 0. The number of nitrogens with zero attached hydrogens (tertiary/aromatic N) is 2. The van der Waals surface area contributed by atoms with Crippen molar-refractivity contribution in [3.63, 3.8) is 0 Å². The summed E-state index contributed by atoms with van der Waals surface area (Å²) in [5.74, 6) is -3.34. The van der Waals surface area contributed by atoms with Crippen molar-refractivity contribution >= 4 is 23.5 Å². The van der Waals surface area contributed by atoms with Crippen LogP contribution in [-0.2, 0) is 20.6 Å². The smallest absolute Gasteiger partial charge is 0.325 e. The maximum atomic E-state index is 12.9. The third-order valence-corrected chi connectivity index (χ3v) is 2.92. The van der Waals surface area contributed by atoms with Gasteiger partial charge in [0.05, 0.1) is 16.1 Å². The topological polar surface area (TPSA) is 107 Å². The molecule has 0 aliphatic carbocycles. The second kappa shape index (κ2) is 5.66. The quantitative estimate of drug-likeness (QED) is 0.475. The van der Waals surface area contributed by atoms with Gasteiger partial charge in [0.15, 0.2) is 0 Å². The summed E-state index contributed by atoms with van der Waals surface area (Å²) in [7, 11) is 0. The molecule has 1 heterocycles. The van der Waals surface area contributed by atoms with Gasteiger partial charge in [-0.15, -0.1) is 5.06 Å². The summed E-state index contributed by atoms with van der Waals surface area (Å²) >= 11 is 0. The van der Waals surface area contributed by atoms with E-state index < -0.39 is 45.7 Å². The predicted octanol–water partition coefficient (Wildman–Crippen LogP) is 1.83. The molecule has 8 nitrogen and oxygen atoms in total. The minimum atomic E-state index is -5.07. The zero-order valence-corrected chi connectivity index (χ0v) is 11.1. The third-order valence-electron chi connectivity index (χ3n) is 2.92. The Labute approximate surface area is 125 Å². The lowest BCUT2D eigenvalue weighted by atomic mass is 10.1.